The summed E-state index contributed by atoms with van der Waals surface area (Å²) in [4.78, 5) is 5.53. The van der Waals surface area contributed by atoms with Crippen LogP contribution < -0.4 is 5.32 Å². The SMILES string of the molecule is CSc1ccc(C(C)Nc2ccc(Cl)nc2C)cc1. The largest absolute Gasteiger partial charge is 0.377 e. The molecule has 1 atom stereocenters. The number of hydrogen-bond donors (Lipinski definition) is 1. The lowest BCUT2D eigenvalue weighted by Gasteiger charge is -2.17. The van der Waals surface area contributed by atoms with Crippen LogP contribution in [-0.4, -0.2) is 11.2 Å². The molecule has 0 amide bonds. The van der Waals surface area contributed by atoms with Crippen molar-refractivity contribution >= 4 is 29.1 Å². The van der Waals surface area contributed by atoms with Gasteiger partial charge < -0.3 is 5.32 Å². The standard InChI is InChI=1S/C15H17ClN2S/c1-10(12-4-6-13(19-3)7-5-12)17-14-8-9-15(16)18-11(14)2/h4-10,17H,1-3H3. The highest BCUT2D eigenvalue weighted by Crippen LogP contribution is 2.24. The van der Waals surface area contributed by atoms with Crippen LogP contribution in [0.4, 0.5) is 5.69 Å². The average molecular weight is 293 g/mol. The second kappa shape index (κ2) is 6.31. The molecule has 0 fully saturated rings. The van der Waals surface area contributed by atoms with Crippen LogP contribution in [0, 0.1) is 6.92 Å². The van der Waals surface area contributed by atoms with Crippen molar-refractivity contribution in [1.82, 2.24) is 4.98 Å². The molecule has 0 saturated heterocycles. The first-order valence-corrected chi connectivity index (χ1v) is 7.74. The van der Waals surface area contributed by atoms with Gasteiger partial charge in [-0.2, -0.15) is 0 Å². The zero-order chi connectivity index (χ0) is 13.8. The number of thioether (sulfide) groups is 1. The topological polar surface area (TPSA) is 24.9 Å². The van der Waals surface area contributed by atoms with Crippen molar-refractivity contribution in [2.24, 2.45) is 0 Å². The predicted octanol–water partition coefficient (Wildman–Crippen LogP) is 4.94. The monoisotopic (exact) mass is 292 g/mol. The summed E-state index contributed by atoms with van der Waals surface area (Å²) in [6.45, 7) is 4.10. The van der Waals surface area contributed by atoms with E-state index in [1.807, 2.05) is 13.0 Å². The fourth-order valence-corrected chi connectivity index (χ4v) is 2.49. The summed E-state index contributed by atoms with van der Waals surface area (Å²) in [5.41, 5.74) is 3.19. The Morgan fingerprint density at radius 2 is 1.84 bits per heavy atom. The summed E-state index contributed by atoms with van der Waals surface area (Å²) in [6.07, 6.45) is 2.08. The third-order valence-electron chi connectivity index (χ3n) is 3.04. The van der Waals surface area contributed by atoms with E-state index < -0.39 is 0 Å². The lowest BCUT2D eigenvalue weighted by atomic mass is 10.1. The average Bonchev–Trinajstić information content (AvgIpc) is 2.42. The molecule has 1 aromatic heterocycles. The van der Waals surface area contributed by atoms with Gasteiger partial charge in [0.1, 0.15) is 5.15 Å². The molecule has 2 nitrogen and oxygen atoms in total. The summed E-state index contributed by atoms with van der Waals surface area (Å²) in [5, 5.41) is 3.99. The first-order chi connectivity index (χ1) is 9.10. The maximum Gasteiger partial charge on any atom is 0.129 e. The molecular formula is C15H17ClN2S. The highest BCUT2D eigenvalue weighted by atomic mass is 35.5. The van der Waals surface area contributed by atoms with Crippen molar-refractivity contribution in [1.29, 1.82) is 0 Å². The Bertz CT molecular complexity index is 555. The van der Waals surface area contributed by atoms with Crippen LogP contribution in [0.15, 0.2) is 41.3 Å². The van der Waals surface area contributed by atoms with Crippen LogP contribution in [0.5, 0.6) is 0 Å². The molecule has 0 bridgehead atoms. The highest BCUT2D eigenvalue weighted by molar-refractivity contribution is 7.98. The summed E-state index contributed by atoms with van der Waals surface area (Å²) in [7, 11) is 0. The molecule has 0 aliphatic heterocycles. The van der Waals surface area contributed by atoms with E-state index in [4.69, 9.17) is 11.6 Å². The second-order valence-corrected chi connectivity index (χ2v) is 5.67. The molecule has 0 radical (unpaired) electrons. The Balaban J connectivity index is 2.13. The van der Waals surface area contributed by atoms with Crippen LogP contribution >= 0.6 is 23.4 Å². The van der Waals surface area contributed by atoms with Gasteiger partial charge in [-0.25, -0.2) is 4.98 Å². The van der Waals surface area contributed by atoms with E-state index in [1.165, 1.54) is 10.5 Å². The minimum absolute atomic E-state index is 0.234. The second-order valence-electron chi connectivity index (χ2n) is 4.41. The van der Waals surface area contributed by atoms with E-state index in [1.54, 1.807) is 17.8 Å². The molecule has 1 unspecified atom stereocenters. The molecule has 100 valence electrons. The molecule has 0 spiro atoms. The van der Waals surface area contributed by atoms with E-state index >= 15 is 0 Å². The van der Waals surface area contributed by atoms with Crippen molar-refractivity contribution in [2.45, 2.75) is 24.8 Å². The van der Waals surface area contributed by atoms with Gasteiger partial charge in [-0.1, -0.05) is 23.7 Å². The first-order valence-electron chi connectivity index (χ1n) is 6.14. The Labute approximate surface area is 123 Å². The van der Waals surface area contributed by atoms with E-state index in [-0.39, 0.29) is 6.04 Å². The summed E-state index contributed by atoms with van der Waals surface area (Å²) < 4.78 is 0. The smallest absolute Gasteiger partial charge is 0.129 e. The Hall–Kier alpha value is -1.19. The molecule has 4 heteroatoms. The van der Waals surface area contributed by atoms with Crippen molar-refractivity contribution in [3.8, 4) is 0 Å². The molecule has 19 heavy (non-hydrogen) atoms. The van der Waals surface area contributed by atoms with Gasteiger partial charge in [0.25, 0.3) is 0 Å². The van der Waals surface area contributed by atoms with Gasteiger partial charge in [0.15, 0.2) is 0 Å². The maximum absolute atomic E-state index is 5.86. The maximum atomic E-state index is 5.86. The number of aryl methyl sites for hydroxylation is 1. The third-order valence-corrected chi connectivity index (χ3v) is 3.99. The summed E-state index contributed by atoms with van der Waals surface area (Å²) in [5.74, 6) is 0. The van der Waals surface area contributed by atoms with Gasteiger partial charge in [0.05, 0.1) is 11.4 Å². The molecule has 0 aliphatic rings. The van der Waals surface area contributed by atoms with E-state index in [0.717, 1.165) is 11.4 Å². The van der Waals surface area contributed by atoms with Gasteiger partial charge in [-0.05, 0) is 49.9 Å². The van der Waals surface area contributed by atoms with Crippen LogP contribution in [0.25, 0.3) is 0 Å². The number of rotatable bonds is 4. The number of halogens is 1. The molecular weight excluding hydrogens is 276 g/mol. The normalized spacial score (nSPS) is 12.2. The summed E-state index contributed by atoms with van der Waals surface area (Å²) >= 11 is 7.61. The number of nitrogens with one attached hydrogen (secondary N) is 1. The van der Waals surface area contributed by atoms with Gasteiger partial charge in [-0.3, -0.25) is 0 Å². The number of nitrogens with zero attached hydrogens (tertiary/aromatic N) is 1. The molecule has 1 aromatic carbocycles. The quantitative estimate of drug-likeness (QED) is 0.638. The van der Waals surface area contributed by atoms with Crippen molar-refractivity contribution in [3.63, 3.8) is 0 Å². The molecule has 2 rings (SSSR count). The molecule has 0 saturated carbocycles. The number of benzene rings is 1. The number of aromatic nitrogens is 1. The van der Waals surface area contributed by atoms with Crippen molar-refractivity contribution in [2.75, 3.05) is 11.6 Å². The predicted molar refractivity (Wildman–Crippen MR) is 84.2 cm³/mol. The zero-order valence-corrected chi connectivity index (χ0v) is 12.8. The van der Waals surface area contributed by atoms with Gasteiger partial charge in [0.2, 0.25) is 0 Å². The molecule has 2 aromatic rings. The lowest BCUT2D eigenvalue weighted by Crippen LogP contribution is -2.08. The Morgan fingerprint density at radius 1 is 1.16 bits per heavy atom. The fraction of sp³-hybridized carbons (Fsp3) is 0.267. The minimum Gasteiger partial charge on any atom is -0.377 e. The van der Waals surface area contributed by atoms with Crippen molar-refractivity contribution < 1.29 is 0 Å². The van der Waals surface area contributed by atoms with Gasteiger partial charge >= 0.3 is 0 Å². The minimum atomic E-state index is 0.234. The fourth-order valence-electron chi connectivity index (χ4n) is 1.89. The van der Waals surface area contributed by atoms with Gasteiger partial charge in [-0.15, -0.1) is 11.8 Å². The van der Waals surface area contributed by atoms with E-state index in [0.29, 0.717) is 5.15 Å². The van der Waals surface area contributed by atoms with E-state index in [9.17, 15) is 0 Å². The summed E-state index contributed by atoms with van der Waals surface area (Å²) in [6, 6.07) is 12.6. The zero-order valence-electron chi connectivity index (χ0n) is 11.3. The Morgan fingerprint density at radius 3 is 2.42 bits per heavy atom. The van der Waals surface area contributed by atoms with E-state index in [2.05, 4.69) is 47.7 Å². The van der Waals surface area contributed by atoms with Crippen LogP contribution in [0.3, 0.4) is 0 Å². The highest BCUT2D eigenvalue weighted by Gasteiger charge is 2.07. The number of anilines is 1. The number of pyridine rings is 1. The molecule has 1 N–H and O–H groups in total. The lowest BCUT2D eigenvalue weighted by molar-refractivity contribution is 0.877. The van der Waals surface area contributed by atoms with Crippen LogP contribution in [-0.2, 0) is 0 Å². The number of hydrogen-bond acceptors (Lipinski definition) is 3. The van der Waals surface area contributed by atoms with Crippen molar-refractivity contribution in [3.05, 3.63) is 52.8 Å². The third kappa shape index (κ3) is 3.64. The van der Waals surface area contributed by atoms with Crippen LogP contribution in [0.2, 0.25) is 5.15 Å². The molecule has 1 heterocycles. The Kier molecular flexibility index (Phi) is 4.72. The van der Waals surface area contributed by atoms with Crippen LogP contribution in [0.1, 0.15) is 24.2 Å². The van der Waals surface area contributed by atoms with Gasteiger partial charge in [0, 0.05) is 10.9 Å². The first kappa shape index (κ1) is 14.2. The molecule has 0 aliphatic carbocycles.